The molecule has 0 N–H and O–H groups in total. The summed E-state index contributed by atoms with van der Waals surface area (Å²) < 4.78 is 10.2. The van der Waals surface area contributed by atoms with Gasteiger partial charge in [0.2, 0.25) is 0 Å². The lowest BCUT2D eigenvalue weighted by molar-refractivity contribution is -0.159. The van der Waals surface area contributed by atoms with Crippen molar-refractivity contribution < 1.29 is 19.1 Å². The van der Waals surface area contributed by atoms with E-state index in [0.29, 0.717) is 13.0 Å². The minimum absolute atomic E-state index is 0.120. The summed E-state index contributed by atoms with van der Waals surface area (Å²) in [4.78, 5) is 23.1. The number of allylic oxidation sites excluding steroid dienone is 1. The lowest BCUT2D eigenvalue weighted by Gasteiger charge is -2.21. The Balaban J connectivity index is 2.51. The van der Waals surface area contributed by atoms with Crippen molar-refractivity contribution in [3.05, 3.63) is 11.6 Å². The van der Waals surface area contributed by atoms with Crippen LogP contribution in [-0.4, -0.2) is 24.1 Å². The fraction of sp³-hybridized carbons (Fsp3) is 0.714. The summed E-state index contributed by atoms with van der Waals surface area (Å²) in [6.45, 7) is 7.71. The summed E-state index contributed by atoms with van der Waals surface area (Å²) in [6.07, 6.45) is 3.63. The maximum Gasteiger partial charge on any atom is 0.330 e. The van der Waals surface area contributed by atoms with Crippen molar-refractivity contribution in [2.24, 2.45) is 5.92 Å². The van der Waals surface area contributed by atoms with Crippen molar-refractivity contribution in [3.8, 4) is 0 Å². The number of carbonyl (C=O) groups is 2. The van der Waals surface area contributed by atoms with Crippen LogP contribution in [0.4, 0.5) is 0 Å². The van der Waals surface area contributed by atoms with Crippen molar-refractivity contribution >= 4 is 11.9 Å². The van der Waals surface area contributed by atoms with Crippen LogP contribution in [-0.2, 0) is 19.1 Å². The predicted octanol–water partition coefficient (Wildman–Crippen LogP) is 2.62. The first-order valence-corrected chi connectivity index (χ1v) is 6.41. The number of carbonyl (C=O) groups excluding carboxylic acids is 2. The molecule has 0 bridgehead atoms. The largest absolute Gasteiger partial charge is 0.463 e. The molecule has 1 rings (SSSR count). The molecule has 102 valence electrons. The van der Waals surface area contributed by atoms with Crippen LogP contribution in [0.2, 0.25) is 0 Å². The molecule has 0 unspecified atom stereocenters. The second kappa shape index (κ2) is 6.03. The fourth-order valence-electron chi connectivity index (χ4n) is 1.95. The van der Waals surface area contributed by atoms with E-state index in [0.717, 1.165) is 18.4 Å². The monoisotopic (exact) mass is 254 g/mol. The van der Waals surface area contributed by atoms with Crippen molar-refractivity contribution in [3.63, 3.8) is 0 Å². The highest BCUT2D eigenvalue weighted by Crippen LogP contribution is 2.32. The Morgan fingerprint density at radius 2 is 2.06 bits per heavy atom. The Labute approximate surface area is 108 Å². The van der Waals surface area contributed by atoms with Gasteiger partial charge in [-0.15, -0.1) is 0 Å². The zero-order chi connectivity index (χ0) is 13.8. The molecule has 4 nitrogen and oxygen atoms in total. The molecule has 18 heavy (non-hydrogen) atoms. The van der Waals surface area contributed by atoms with Crippen molar-refractivity contribution in [1.29, 1.82) is 0 Å². The summed E-state index contributed by atoms with van der Waals surface area (Å²) in [7, 11) is 0. The fourth-order valence-corrected chi connectivity index (χ4v) is 1.95. The molecular weight excluding hydrogens is 232 g/mol. The molecule has 0 amide bonds. The van der Waals surface area contributed by atoms with Gasteiger partial charge in [-0.05, 0) is 47.0 Å². The maximum atomic E-state index is 11.9. The molecule has 0 aromatic heterocycles. The Hall–Kier alpha value is -1.32. The highest BCUT2D eigenvalue weighted by atomic mass is 16.6. The maximum absolute atomic E-state index is 11.9. The second-order valence-electron chi connectivity index (χ2n) is 5.53. The van der Waals surface area contributed by atoms with Gasteiger partial charge in [0.25, 0.3) is 0 Å². The lowest BCUT2D eigenvalue weighted by atomic mass is 10.1. The van der Waals surface area contributed by atoms with Crippen LogP contribution in [0, 0.1) is 5.92 Å². The molecule has 0 spiro atoms. The van der Waals surface area contributed by atoms with E-state index in [1.54, 1.807) is 6.92 Å². The molecule has 0 saturated heterocycles. The SMILES string of the molecule is CCOC(=O)/C=C1/CC[C@H](C(=O)OC(C)(C)C)C1. The van der Waals surface area contributed by atoms with E-state index in [-0.39, 0.29) is 17.9 Å². The van der Waals surface area contributed by atoms with Gasteiger partial charge in [-0.25, -0.2) is 4.79 Å². The third kappa shape index (κ3) is 4.90. The van der Waals surface area contributed by atoms with Crippen molar-refractivity contribution in [2.45, 2.75) is 52.6 Å². The van der Waals surface area contributed by atoms with E-state index in [4.69, 9.17) is 9.47 Å². The summed E-state index contributed by atoms with van der Waals surface area (Å²) >= 11 is 0. The summed E-state index contributed by atoms with van der Waals surface area (Å²) in [6, 6.07) is 0. The molecule has 0 heterocycles. The first-order valence-electron chi connectivity index (χ1n) is 6.41. The van der Waals surface area contributed by atoms with Gasteiger partial charge in [0.05, 0.1) is 12.5 Å². The van der Waals surface area contributed by atoms with E-state index in [9.17, 15) is 9.59 Å². The molecule has 1 aliphatic rings. The summed E-state index contributed by atoms with van der Waals surface area (Å²) in [5, 5.41) is 0. The minimum atomic E-state index is -0.454. The highest BCUT2D eigenvalue weighted by Gasteiger charge is 2.30. The Kier molecular flexibility index (Phi) is 4.93. The Morgan fingerprint density at radius 1 is 1.39 bits per heavy atom. The zero-order valence-corrected chi connectivity index (χ0v) is 11.6. The first-order chi connectivity index (χ1) is 8.31. The van der Waals surface area contributed by atoms with Crippen LogP contribution in [0.3, 0.4) is 0 Å². The van der Waals surface area contributed by atoms with E-state index in [1.165, 1.54) is 6.08 Å². The second-order valence-corrected chi connectivity index (χ2v) is 5.53. The first kappa shape index (κ1) is 14.7. The van der Waals surface area contributed by atoms with Gasteiger partial charge in [-0.2, -0.15) is 0 Å². The van der Waals surface area contributed by atoms with Gasteiger partial charge < -0.3 is 9.47 Å². The molecule has 1 saturated carbocycles. The van der Waals surface area contributed by atoms with Crippen LogP contribution >= 0.6 is 0 Å². The average Bonchev–Trinajstić information content (AvgIpc) is 2.63. The molecule has 1 atom stereocenters. The standard InChI is InChI=1S/C14H22O4/c1-5-17-12(15)9-10-6-7-11(8-10)13(16)18-14(2,3)4/h9,11H,5-8H2,1-4H3/b10-9-/t11-/m0/s1. The molecule has 4 heteroatoms. The van der Waals surface area contributed by atoms with Crippen molar-refractivity contribution in [1.82, 2.24) is 0 Å². The van der Waals surface area contributed by atoms with Crippen LogP contribution in [0.5, 0.6) is 0 Å². The van der Waals surface area contributed by atoms with Gasteiger partial charge in [0, 0.05) is 6.08 Å². The molecule has 1 fully saturated rings. The van der Waals surface area contributed by atoms with E-state index >= 15 is 0 Å². The quantitative estimate of drug-likeness (QED) is 0.574. The van der Waals surface area contributed by atoms with Gasteiger partial charge in [0.15, 0.2) is 0 Å². The van der Waals surface area contributed by atoms with Gasteiger partial charge in [-0.1, -0.05) is 5.57 Å². The third-order valence-electron chi connectivity index (χ3n) is 2.67. The topological polar surface area (TPSA) is 52.6 Å². The highest BCUT2D eigenvalue weighted by molar-refractivity contribution is 5.83. The number of esters is 2. The smallest absolute Gasteiger partial charge is 0.330 e. The molecule has 0 aliphatic heterocycles. The molecule has 0 aromatic carbocycles. The average molecular weight is 254 g/mol. The van der Waals surface area contributed by atoms with E-state index < -0.39 is 5.60 Å². The Morgan fingerprint density at radius 3 is 2.61 bits per heavy atom. The summed E-state index contributed by atoms with van der Waals surface area (Å²) in [5.74, 6) is -0.614. The number of ether oxygens (including phenoxy) is 2. The molecule has 1 aliphatic carbocycles. The molecule has 0 aromatic rings. The molecule has 0 radical (unpaired) electrons. The predicted molar refractivity (Wildman–Crippen MR) is 67.9 cm³/mol. The van der Waals surface area contributed by atoms with Crippen LogP contribution in [0.25, 0.3) is 0 Å². The zero-order valence-electron chi connectivity index (χ0n) is 11.6. The summed E-state index contributed by atoms with van der Waals surface area (Å²) in [5.41, 5.74) is 0.523. The van der Waals surface area contributed by atoms with Crippen LogP contribution in [0.1, 0.15) is 47.0 Å². The number of hydrogen-bond acceptors (Lipinski definition) is 4. The van der Waals surface area contributed by atoms with Crippen LogP contribution < -0.4 is 0 Å². The molecular formula is C14H22O4. The van der Waals surface area contributed by atoms with E-state index in [1.807, 2.05) is 20.8 Å². The van der Waals surface area contributed by atoms with Gasteiger partial charge in [-0.3, -0.25) is 4.79 Å². The number of hydrogen-bond donors (Lipinski definition) is 0. The van der Waals surface area contributed by atoms with Gasteiger partial charge in [0.1, 0.15) is 5.60 Å². The lowest BCUT2D eigenvalue weighted by Crippen LogP contribution is -2.27. The Bertz CT molecular complexity index is 349. The van der Waals surface area contributed by atoms with Crippen molar-refractivity contribution in [2.75, 3.05) is 6.61 Å². The minimum Gasteiger partial charge on any atom is -0.463 e. The number of rotatable bonds is 3. The van der Waals surface area contributed by atoms with E-state index in [2.05, 4.69) is 0 Å². The normalized spacial score (nSPS) is 22.0. The van der Waals surface area contributed by atoms with Crippen LogP contribution in [0.15, 0.2) is 11.6 Å². The van der Waals surface area contributed by atoms with Gasteiger partial charge >= 0.3 is 11.9 Å². The third-order valence-corrected chi connectivity index (χ3v) is 2.67.